The first-order valence-electron chi connectivity index (χ1n) is 11.2. The highest BCUT2D eigenvalue weighted by Gasteiger charge is 2.22. The number of rotatable bonds is 9. The number of benzene rings is 4. The van der Waals surface area contributed by atoms with Gasteiger partial charge in [0.1, 0.15) is 23.9 Å². The van der Waals surface area contributed by atoms with Crippen LogP contribution in [0.1, 0.15) is 30.9 Å². The molecule has 4 aromatic rings. The summed E-state index contributed by atoms with van der Waals surface area (Å²) in [6.07, 6.45) is 3.10. The minimum atomic E-state index is 0.526. The van der Waals surface area contributed by atoms with Crippen LogP contribution in [0, 0.1) is 0 Å². The Kier molecular flexibility index (Phi) is 6.96. The fourth-order valence-electron chi connectivity index (χ4n) is 4.19. The average molecular weight is 427 g/mol. The third kappa shape index (κ3) is 4.43. The average Bonchev–Trinajstić information content (AvgIpc) is 2.86. The summed E-state index contributed by atoms with van der Waals surface area (Å²) in [4.78, 5) is 0. The van der Waals surface area contributed by atoms with Crippen LogP contribution in [0.3, 0.4) is 0 Å². The maximum atomic E-state index is 6.56. The molecule has 4 aromatic carbocycles. The molecule has 0 fully saturated rings. The van der Waals surface area contributed by atoms with Crippen molar-refractivity contribution >= 4 is 10.8 Å². The number of hydrogen-bond donors (Lipinski definition) is 0. The van der Waals surface area contributed by atoms with E-state index in [4.69, 9.17) is 14.2 Å². The molecule has 3 nitrogen and oxygen atoms in total. The van der Waals surface area contributed by atoms with Gasteiger partial charge in [0.2, 0.25) is 0 Å². The van der Waals surface area contributed by atoms with Gasteiger partial charge in [0.25, 0.3) is 0 Å². The van der Waals surface area contributed by atoms with Crippen molar-refractivity contribution in [3.05, 3.63) is 90.0 Å². The number of methoxy groups -OCH3 is 2. The van der Waals surface area contributed by atoms with Crippen molar-refractivity contribution in [2.45, 2.75) is 32.8 Å². The standard InChI is InChI=1S/C29H30O3/c1-4-5-13-26-27(22-16-18-23(30-2)19-17-22)29(31-3)25-15-10-9-14-24(25)28(26)32-20-21-11-7-6-8-12-21/h6-12,14-19H,4-5,13,20H2,1-3H3. The van der Waals surface area contributed by atoms with E-state index in [1.807, 2.05) is 30.3 Å². The van der Waals surface area contributed by atoms with Gasteiger partial charge in [0, 0.05) is 21.9 Å². The lowest BCUT2D eigenvalue weighted by atomic mass is 9.90. The normalized spacial score (nSPS) is 10.8. The van der Waals surface area contributed by atoms with Crippen molar-refractivity contribution in [2.24, 2.45) is 0 Å². The molecule has 4 rings (SSSR count). The fraction of sp³-hybridized carbons (Fsp3) is 0.241. The van der Waals surface area contributed by atoms with Crippen LogP contribution >= 0.6 is 0 Å². The van der Waals surface area contributed by atoms with E-state index in [0.29, 0.717) is 6.61 Å². The van der Waals surface area contributed by atoms with Crippen molar-refractivity contribution in [1.82, 2.24) is 0 Å². The zero-order chi connectivity index (χ0) is 22.3. The second-order valence-corrected chi connectivity index (χ2v) is 7.87. The van der Waals surface area contributed by atoms with Gasteiger partial charge in [-0.15, -0.1) is 0 Å². The molecule has 0 atom stereocenters. The van der Waals surface area contributed by atoms with Crippen LogP contribution in [0.15, 0.2) is 78.9 Å². The summed E-state index contributed by atoms with van der Waals surface area (Å²) < 4.78 is 18.0. The molecular formula is C29H30O3. The lowest BCUT2D eigenvalue weighted by Crippen LogP contribution is -2.04. The monoisotopic (exact) mass is 426 g/mol. The van der Waals surface area contributed by atoms with E-state index in [1.54, 1.807) is 14.2 Å². The Morgan fingerprint density at radius 3 is 1.97 bits per heavy atom. The molecule has 0 N–H and O–H groups in total. The highest BCUT2D eigenvalue weighted by molar-refractivity contribution is 6.01. The van der Waals surface area contributed by atoms with Gasteiger partial charge >= 0.3 is 0 Å². The second kappa shape index (κ2) is 10.2. The fourth-order valence-corrected chi connectivity index (χ4v) is 4.19. The molecule has 0 amide bonds. The zero-order valence-corrected chi connectivity index (χ0v) is 19.1. The van der Waals surface area contributed by atoms with Gasteiger partial charge in [0.15, 0.2) is 0 Å². The van der Waals surface area contributed by atoms with Crippen molar-refractivity contribution in [1.29, 1.82) is 0 Å². The molecule has 0 saturated carbocycles. The van der Waals surface area contributed by atoms with Crippen LogP contribution in [0.25, 0.3) is 21.9 Å². The molecular weight excluding hydrogens is 396 g/mol. The Morgan fingerprint density at radius 2 is 1.34 bits per heavy atom. The molecule has 0 unspecified atom stereocenters. The Labute approximate surface area is 190 Å². The van der Waals surface area contributed by atoms with Crippen LogP contribution in [0.5, 0.6) is 17.2 Å². The van der Waals surface area contributed by atoms with Gasteiger partial charge in [-0.3, -0.25) is 0 Å². The van der Waals surface area contributed by atoms with E-state index < -0.39 is 0 Å². The van der Waals surface area contributed by atoms with E-state index in [-0.39, 0.29) is 0 Å². The topological polar surface area (TPSA) is 27.7 Å². The van der Waals surface area contributed by atoms with Crippen molar-refractivity contribution in [2.75, 3.05) is 14.2 Å². The van der Waals surface area contributed by atoms with E-state index in [2.05, 4.69) is 55.5 Å². The quantitative estimate of drug-likeness (QED) is 0.278. The first kappa shape index (κ1) is 21.8. The summed E-state index contributed by atoms with van der Waals surface area (Å²) in [6.45, 7) is 2.74. The van der Waals surface area contributed by atoms with Gasteiger partial charge in [-0.2, -0.15) is 0 Å². The molecule has 0 aliphatic heterocycles. The molecule has 0 spiro atoms. The summed E-state index contributed by atoms with van der Waals surface area (Å²) in [5.41, 5.74) is 4.55. The van der Waals surface area contributed by atoms with Gasteiger partial charge in [-0.1, -0.05) is 80.1 Å². The van der Waals surface area contributed by atoms with Gasteiger partial charge < -0.3 is 14.2 Å². The highest BCUT2D eigenvalue weighted by atomic mass is 16.5. The lowest BCUT2D eigenvalue weighted by Gasteiger charge is -2.22. The van der Waals surface area contributed by atoms with Gasteiger partial charge in [-0.05, 0) is 36.1 Å². The Balaban J connectivity index is 1.94. The number of ether oxygens (including phenoxy) is 3. The SMILES string of the molecule is CCCCc1c(-c2ccc(OC)cc2)c(OC)c2ccccc2c1OCc1ccccc1. The molecule has 0 aromatic heterocycles. The number of fused-ring (bicyclic) bond motifs is 1. The van der Waals surface area contributed by atoms with Crippen LogP contribution in [-0.2, 0) is 13.0 Å². The minimum absolute atomic E-state index is 0.526. The molecule has 0 aliphatic rings. The molecule has 0 aliphatic carbocycles. The second-order valence-electron chi connectivity index (χ2n) is 7.87. The van der Waals surface area contributed by atoms with Crippen molar-refractivity contribution < 1.29 is 14.2 Å². The third-order valence-corrected chi connectivity index (χ3v) is 5.81. The minimum Gasteiger partial charge on any atom is -0.497 e. The molecule has 0 heterocycles. The smallest absolute Gasteiger partial charge is 0.135 e. The van der Waals surface area contributed by atoms with Gasteiger partial charge in [0.05, 0.1) is 14.2 Å². The Morgan fingerprint density at radius 1 is 0.688 bits per heavy atom. The summed E-state index contributed by atoms with van der Waals surface area (Å²) in [7, 11) is 3.44. The highest BCUT2D eigenvalue weighted by Crippen LogP contribution is 2.47. The van der Waals surface area contributed by atoms with E-state index in [1.165, 1.54) is 5.56 Å². The Bertz CT molecular complexity index is 1160. The van der Waals surface area contributed by atoms with E-state index in [0.717, 1.165) is 64.0 Å². The first-order chi connectivity index (χ1) is 15.8. The predicted octanol–water partition coefficient (Wildman–Crippen LogP) is 7.45. The van der Waals surface area contributed by atoms with Crippen LogP contribution in [0.4, 0.5) is 0 Å². The maximum absolute atomic E-state index is 6.56. The molecule has 0 radical (unpaired) electrons. The molecule has 0 saturated heterocycles. The maximum Gasteiger partial charge on any atom is 0.135 e. The predicted molar refractivity (Wildman–Crippen MR) is 132 cm³/mol. The van der Waals surface area contributed by atoms with Crippen LogP contribution in [-0.4, -0.2) is 14.2 Å². The zero-order valence-electron chi connectivity index (χ0n) is 19.1. The Hall–Kier alpha value is -3.46. The number of unbranched alkanes of at least 4 members (excludes halogenated alkanes) is 1. The number of hydrogen-bond acceptors (Lipinski definition) is 3. The van der Waals surface area contributed by atoms with Crippen LogP contribution in [0.2, 0.25) is 0 Å². The third-order valence-electron chi connectivity index (χ3n) is 5.81. The summed E-state index contributed by atoms with van der Waals surface area (Å²) in [5, 5.41) is 2.15. The van der Waals surface area contributed by atoms with E-state index >= 15 is 0 Å². The summed E-state index contributed by atoms with van der Waals surface area (Å²) >= 11 is 0. The van der Waals surface area contributed by atoms with Crippen LogP contribution < -0.4 is 14.2 Å². The molecule has 0 bridgehead atoms. The molecule has 3 heteroatoms. The van der Waals surface area contributed by atoms with Crippen molar-refractivity contribution in [3.8, 4) is 28.4 Å². The summed E-state index contributed by atoms with van der Waals surface area (Å²) in [6, 6.07) is 26.9. The van der Waals surface area contributed by atoms with Crippen molar-refractivity contribution in [3.63, 3.8) is 0 Å². The first-order valence-corrected chi connectivity index (χ1v) is 11.2. The summed E-state index contributed by atoms with van der Waals surface area (Å²) in [5.74, 6) is 2.68. The largest absolute Gasteiger partial charge is 0.497 e. The van der Waals surface area contributed by atoms with E-state index in [9.17, 15) is 0 Å². The molecule has 32 heavy (non-hydrogen) atoms. The molecule has 164 valence electrons. The van der Waals surface area contributed by atoms with Gasteiger partial charge in [-0.25, -0.2) is 0 Å². The lowest BCUT2D eigenvalue weighted by molar-refractivity contribution is 0.306.